The molecule has 3 atom stereocenters. The number of thiocarbonyl (C=S) groups is 1. The molecule has 4 aliphatic heterocycles. The molecular weight excluding hydrogens is 1300 g/mol. The minimum atomic E-state index is -1.14. The van der Waals surface area contributed by atoms with Gasteiger partial charge in [-0.05, 0) is 219 Å². The van der Waals surface area contributed by atoms with Gasteiger partial charge in [0.1, 0.15) is 20.4 Å². The van der Waals surface area contributed by atoms with E-state index in [2.05, 4.69) is 83.2 Å². The van der Waals surface area contributed by atoms with E-state index < -0.39 is 12.5 Å². The largest absolute Gasteiger partial charge is 2.00 e. The van der Waals surface area contributed by atoms with Crippen LogP contribution in [0.2, 0.25) is 0 Å². The predicted octanol–water partition coefficient (Wildman–Crippen LogP) is 16.4. The molecule has 8 heterocycles. The number of carbonyl (C=O) groups excluding carboxylic acids is 1. The summed E-state index contributed by atoms with van der Waals surface area (Å²) in [5.74, 6) is 18.4. The number of allylic oxidation sites excluding steroid dienone is 2. The molecule has 7 saturated carbocycles. The first-order valence-electron chi connectivity index (χ1n) is 37.3. The molecular formula is C81H95N7O4S3Zn. The Labute approximate surface area is 594 Å². The van der Waals surface area contributed by atoms with E-state index >= 15 is 0 Å². The number of thiazole rings is 1. The van der Waals surface area contributed by atoms with Crippen LogP contribution in [0.1, 0.15) is 269 Å². The summed E-state index contributed by atoms with van der Waals surface area (Å²) >= 11 is 7.81. The number of aliphatic carboxylic acids is 1. The molecule has 0 radical (unpaired) electrons. The van der Waals surface area contributed by atoms with E-state index in [9.17, 15) is 19.5 Å². The quantitative estimate of drug-likeness (QED) is 0.0607. The molecule has 4 aromatic rings. The monoisotopic (exact) mass is 1390 g/mol. The Morgan fingerprint density at radius 3 is 1.68 bits per heavy atom. The summed E-state index contributed by atoms with van der Waals surface area (Å²) in [4.78, 5) is 66.5. The number of nitrogens with zero attached hydrogens (tertiary/aromatic N) is 7. The van der Waals surface area contributed by atoms with E-state index in [1.165, 1.54) is 186 Å². The number of aromatic nitrogens is 5. The van der Waals surface area contributed by atoms with Crippen LogP contribution in [0.3, 0.4) is 0 Å². The second-order valence-corrected chi connectivity index (χ2v) is 32.7. The van der Waals surface area contributed by atoms with Crippen molar-refractivity contribution in [1.29, 1.82) is 0 Å². The smallest absolute Gasteiger partial charge is 0.656 e. The van der Waals surface area contributed by atoms with Crippen LogP contribution in [0.15, 0.2) is 40.7 Å². The molecule has 0 aromatic carbocycles. The number of rotatable bonds is 10. The van der Waals surface area contributed by atoms with Gasteiger partial charge in [0.05, 0.1) is 27.3 Å². The Hall–Kier alpha value is -5.41. The summed E-state index contributed by atoms with van der Waals surface area (Å²) in [6.45, 7) is 2.98. The van der Waals surface area contributed by atoms with E-state index in [1.54, 1.807) is 0 Å². The number of hydrogen-bond donors (Lipinski definition) is 1. The van der Waals surface area contributed by atoms with Crippen LogP contribution in [0.5, 0.6) is 0 Å². The molecule has 15 rings (SSSR count). The Balaban J connectivity index is 0.00000792. The van der Waals surface area contributed by atoms with E-state index in [4.69, 9.17) is 32.2 Å². The van der Waals surface area contributed by atoms with Gasteiger partial charge in [-0.2, -0.15) is 0 Å². The minimum Gasteiger partial charge on any atom is -0.656 e. The number of fused-ring (bicyclic) bond motifs is 9. The predicted molar refractivity (Wildman–Crippen MR) is 391 cm³/mol. The first-order chi connectivity index (χ1) is 46.6. The summed E-state index contributed by atoms with van der Waals surface area (Å²) in [7, 11) is 0. The molecule has 8 bridgehead atoms. The molecule has 11 nitrogen and oxygen atoms in total. The fourth-order valence-corrected chi connectivity index (χ4v) is 21.9. The molecule has 0 spiro atoms. The van der Waals surface area contributed by atoms with Crippen molar-refractivity contribution in [2.45, 2.75) is 243 Å². The zero-order valence-corrected chi connectivity index (χ0v) is 62.0. The van der Waals surface area contributed by atoms with Crippen molar-refractivity contribution < 1.29 is 34.2 Å². The van der Waals surface area contributed by atoms with Gasteiger partial charge in [-0.1, -0.05) is 167 Å². The molecule has 9 fully saturated rings. The Morgan fingerprint density at radius 2 is 1.14 bits per heavy atom. The molecule has 7 aliphatic carbocycles. The van der Waals surface area contributed by atoms with Crippen LogP contribution < -0.4 is 24.7 Å². The molecule has 1 N–H and O–H groups in total. The van der Waals surface area contributed by atoms with Gasteiger partial charge in [-0.15, -0.1) is 33.4 Å². The van der Waals surface area contributed by atoms with Crippen molar-refractivity contribution in [3.8, 4) is 23.7 Å². The number of thioether (sulfide) groups is 1. The van der Waals surface area contributed by atoms with Crippen LogP contribution in [0.25, 0.3) is 57.4 Å². The van der Waals surface area contributed by atoms with Crippen molar-refractivity contribution in [2.75, 3.05) is 13.1 Å². The van der Waals surface area contributed by atoms with Gasteiger partial charge < -0.3 is 15.1 Å². The van der Waals surface area contributed by atoms with Crippen molar-refractivity contribution in [1.82, 2.24) is 34.3 Å². The Kier molecular flexibility index (Phi) is 21.6. The normalized spacial score (nSPS) is 27.0. The van der Waals surface area contributed by atoms with E-state index in [0.29, 0.717) is 54.7 Å². The second kappa shape index (κ2) is 30.6. The molecule has 498 valence electrons. The molecule has 3 unspecified atom stereocenters. The maximum Gasteiger partial charge on any atom is 2.00 e. The van der Waals surface area contributed by atoms with Gasteiger partial charge in [0.2, 0.25) is 0 Å². The Morgan fingerprint density at radius 1 is 0.625 bits per heavy atom. The number of carbonyl (C=O) groups is 2. The molecule has 2 saturated heterocycles. The number of carboxylic acids is 1. The first kappa shape index (κ1) is 67.8. The third kappa shape index (κ3) is 14.5. The third-order valence-electron chi connectivity index (χ3n) is 24.2. The van der Waals surface area contributed by atoms with Crippen molar-refractivity contribution >= 4 is 109 Å². The fourth-order valence-electron chi connectivity index (χ4n) is 19.2. The Bertz CT molecular complexity index is 4160. The summed E-state index contributed by atoms with van der Waals surface area (Å²) < 4.78 is 2.45. The number of hydrogen-bond acceptors (Lipinski definition) is 9. The first-order valence-corrected chi connectivity index (χ1v) is 39.4. The fraction of sp³-hybridized carbons (Fsp3) is 0.580. The second-order valence-electron chi connectivity index (χ2n) is 30.0. The summed E-state index contributed by atoms with van der Waals surface area (Å²) in [5, 5.41) is 9.83. The number of amides is 1. The standard InChI is InChI=1S/C81H96N7O4S3.Zn/c1-2-86-79(92)77(95-81(86)93)80-88(50-74(89)90)78(91)73(94-80)49-54-25-23-51(24-26-54)29-34-61-64-36-40-68(82-64)75(57-19-11-5-12-20-57)70-42-38-66(84-70)62(67-39-43-71(85-67)76(58-21-13-6-14-22-58)69-41-37-65(61)83-69)35-30-52-31-44-72-59(47-52)45-46-87(72)60-32-27-53(28-33-60)48-63(55-15-7-3-8-16-55)56-17-9-4-10-18-56;/h36-43,48-49,51-60,72H,2-28,31-33,44-47,50H2,1H3,(H2-,82,83,84,85,89,90);/q-1;+2/p-1/b64-61?,65-61?,66-62?,67-62?,73-49?,75-68?,75-70?,76-69?,76-71?,80-77+;. The van der Waals surface area contributed by atoms with Crippen molar-refractivity contribution in [3.05, 3.63) is 100 Å². The minimum absolute atomic E-state index is 0. The van der Waals surface area contributed by atoms with Crippen molar-refractivity contribution in [3.63, 3.8) is 0 Å². The molecule has 11 aliphatic rings. The van der Waals surface area contributed by atoms with Crippen LogP contribution in [0, 0.1) is 65.1 Å². The third-order valence-corrected chi connectivity index (χ3v) is 26.9. The topological polar surface area (TPSA) is 137 Å². The number of carboxylic acid groups (broad SMARTS) is 1. The number of likely N-dealkylation sites (tertiary alicyclic amines) is 1. The summed E-state index contributed by atoms with van der Waals surface area (Å²) in [6.07, 6.45) is 53.5. The van der Waals surface area contributed by atoms with Gasteiger partial charge in [0.25, 0.3) is 11.5 Å². The van der Waals surface area contributed by atoms with E-state index in [1.807, 2.05) is 18.6 Å². The summed E-state index contributed by atoms with van der Waals surface area (Å²) in [5.41, 5.74) is 13.1. The van der Waals surface area contributed by atoms with Crippen molar-refractivity contribution in [2.24, 2.45) is 41.4 Å². The zero-order chi connectivity index (χ0) is 64.5. The molecule has 96 heavy (non-hydrogen) atoms. The molecule has 15 heteroatoms. The van der Waals surface area contributed by atoms with Gasteiger partial charge in [0, 0.05) is 41.6 Å². The molecule has 4 aromatic heterocycles. The van der Waals surface area contributed by atoms with Gasteiger partial charge in [0.15, 0.2) is 0 Å². The maximum absolute atomic E-state index is 13.9. The van der Waals surface area contributed by atoms with Crippen LogP contribution >= 0.6 is 35.3 Å². The van der Waals surface area contributed by atoms with E-state index in [0.717, 1.165) is 149 Å². The van der Waals surface area contributed by atoms with Crippen LogP contribution in [0.4, 0.5) is 0 Å². The zero-order valence-electron chi connectivity index (χ0n) is 56.6. The van der Waals surface area contributed by atoms with Crippen LogP contribution in [-0.4, -0.2) is 70.8 Å². The SMILES string of the molecule is CCN1C(=O)/C(=c2\sc(=CC3CCC(C#Cc4c5nc(c(C6CCCCC6)c6ccc([n-]6)c(C#CC6CCC7C(CCN7C7CCC(C=C(C8CCCCC8)C8CCCCC8)CC7)C6)c6nc(c(C7CCCCC7)c7ccc4[n-]7)C=C6)C=C5)CC3)c(=O)n2CC(=O)O)SC1=S.[Zn+2]. The maximum atomic E-state index is 13.9. The average molecular weight is 1390 g/mol. The molecule has 1 amide bonds. The average Bonchev–Trinajstić information content (AvgIpc) is 1.63. The van der Waals surface area contributed by atoms with E-state index in [-0.39, 0.29) is 42.8 Å². The summed E-state index contributed by atoms with van der Waals surface area (Å²) in [6, 6.07) is 10.3. The van der Waals surface area contributed by atoms with Gasteiger partial charge in [-0.3, -0.25) is 28.8 Å². The van der Waals surface area contributed by atoms with Gasteiger partial charge in [-0.25, -0.2) is 9.97 Å². The van der Waals surface area contributed by atoms with Gasteiger partial charge >= 0.3 is 25.4 Å². The van der Waals surface area contributed by atoms with Crippen LogP contribution in [-0.2, 0) is 35.6 Å².